The lowest BCUT2D eigenvalue weighted by Crippen LogP contribution is -2.42. The fourth-order valence-corrected chi connectivity index (χ4v) is 4.55. The molecular weight excluding hydrogens is 424 g/mol. The molecule has 8 nitrogen and oxygen atoms in total. The van der Waals surface area contributed by atoms with Gasteiger partial charge in [0.2, 0.25) is 12.7 Å². The Morgan fingerprint density at radius 2 is 2.06 bits per heavy atom. The number of carbonyl (C=O) groups is 1. The normalized spacial score (nSPS) is 21.5. The SMILES string of the molecule is O=C(COCc1cc(-c2ccc3c(c2)OCO3)on1)N(C[C@@H]1CC=CCC1)C[C@@H]1CCCO1. The highest BCUT2D eigenvalue weighted by atomic mass is 16.7. The molecule has 1 aromatic carbocycles. The monoisotopic (exact) mass is 454 g/mol. The van der Waals surface area contributed by atoms with E-state index >= 15 is 0 Å². The van der Waals surface area contributed by atoms with Crippen LogP contribution in [0, 0.1) is 5.92 Å². The Morgan fingerprint density at radius 1 is 1.12 bits per heavy atom. The van der Waals surface area contributed by atoms with Crippen LogP contribution in [0.1, 0.15) is 37.8 Å². The molecule has 8 heteroatoms. The molecule has 1 amide bonds. The number of allylic oxidation sites excluding steroid dienone is 2. The Labute approximate surface area is 193 Å². The summed E-state index contributed by atoms with van der Waals surface area (Å²) >= 11 is 0. The third-order valence-corrected chi connectivity index (χ3v) is 6.35. The predicted octanol–water partition coefficient (Wildman–Crippen LogP) is 3.95. The first kappa shape index (κ1) is 22.0. The highest BCUT2D eigenvalue weighted by molar-refractivity contribution is 5.77. The van der Waals surface area contributed by atoms with Gasteiger partial charge in [-0.1, -0.05) is 17.3 Å². The van der Waals surface area contributed by atoms with Crippen LogP contribution in [0.15, 0.2) is 40.9 Å². The molecule has 0 radical (unpaired) electrons. The first-order valence-corrected chi connectivity index (χ1v) is 11.7. The average molecular weight is 455 g/mol. The third kappa shape index (κ3) is 5.57. The molecular formula is C25H30N2O6. The molecule has 33 heavy (non-hydrogen) atoms. The maximum Gasteiger partial charge on any atom is 0.248 e. The van der Waals surface area contributed by atoms with E-state index in [4.69, 9.17) is 23.5 Å². The second-order valence-corrected chi connectivity index (χ2v) is 8.83. The summed E-state index contributed by atoms with van der Waals surface area (Å²) in [5.41, 5.74) is 1.48. The zero-order chi connectivity index (χ0) is 22.5. The summed E-state index contributed by atoms with van der Waals surface area (Å²) in [6.07, 6.45) is 9.88. The number of benzene rings is 1. The quantitative estimate of drug-likeness (QED) is 0.531. The fraction of sp³-hybridized carbons (Fsp3) is 0.520. The number of rotatable bonds is 9. The molecule has 0 unspecified atom stereocenters. The van der Waals surface area contributed by atoms with Crippen LogP contribution in [-0.4, -0.2) is 55.2 Å². The Hall–Kier alpha value is -2.84. The molecule has 2 aromatic rings. The van der Waals surface area contributed by atoms with Crippen molar-refractivity contribution in [1.29, 1.82) is 0 Å². The molecule has 0 N–H and O–H groups in total. The van der Waals surface area contributed by atoms with E-state index in [0.29, 0.717) is 29.7 Å². The van der Waals surface area contributed by atoms with Crippen LogP contribution in [0.5, 0.6) is 11.5 Å². The van der Waals surface area contributed by atoms with E-state index in [1.54, 1.807) is 0 Å². The van der Waals surface area contributed by atoms with Gasteiger partial charge >= 0.3 is 0 Å². The van der Waals surface area contributed by atoms with Crippen molar-refractivity contribution in [3.8, 4) is 22.8 Å². The molecule has 1 aromatic heterocycles. The molecule has 2 atom stereocenters. The number of ether oxygens (including phenoxy) is 4. The van der Waals surface area contributed by atoms with E-state index in [2.05, 4.69) is 17.3 Å². The van der Waals surface area contributed by atoms with Crippen molar-refractivity contribution in [3.63, 3.8) is 0 Å². The number of hydrogen-bond acceptors (Lipinski definition) is 7. The maximum atomic E-state index is 13.0. The van der Waals surface area contributed by atoms with Gasteiger partial charge in [0.25, 0.3) is 0 Å². The Morgan fingerprint density at radius 3 is 2.91 bits per heavy atom. The summed E-state index contributed by atoms with van der Waals surface area (Å²) in [6, 6.07) is 7.42. The second-order valence-electron chi connectivity index (χ2n) is 8.83. The summed E-state index contributed by atoms with van der Waals surface area (Å²) in [5.74, 6) is 2.52. The van der Waals surface area contributed by atoms with Crippen molar-refractivity contribution in [2.75, 3.05) is 33.1 Å². The Balaban J connectivity index is 1.15. The van der Waals surface area contributed by atoms with Crippen molar-refractivity contribution < 1.29 is 28.3 Å². The van der Waals surface area contributed by atoms with Gasteiger partial charge in [-0.25, -0.2) is 0 Å². The van der Waals surface area contributed by atoms with Crippen LogP contribution >= 0.6 is 0 Å². The molecule has 1 aliphatic carbocycles. The molecule has 0 saturated carbocycles. The molecule has 176 valence electrons. The minimum absolute atomic E-state index is 0.000424. The van der Waals surface area contributed by atoms with E-state index < -0.39 is 0 Å². The summed E-state index contributed by atoms with van der Waals surface area (Å²) in [6.45, 7) is 2.63. The highest BCUT2D eigenvalue weighted by Gasteiger charge is 2.25. The zero-order valence-electron chi connectivity index (χ0n) is 18.7. The van der Waals surface area contributed by atoms with Crippen LogP contribution in [0.2, 0.25) is 0 Å². The summed E-state index contributed by atoms with van der Waals surface area (Å²) in [4.78, 5) is 14.9. The molecule has 2 aliphatic heterocycles. The topological polar surface area (TPSA) is 83.3 Å². The van der Waals surface area contributed by atoms with Crippen molar-refractivity contribution in [2.24, 2.45) is 5.92 Å². The number of aromatic nitrogens is 1. The lowest BCUT2D eigenvalue weighted by atomic mass is 9.94. The van der Waals surface area contributed by atoms with E-state index in [1.807, 2.05) is 29.2 Å². The van der Waals surface area contributed by atoms with Crippen molar-refractivity contribution in [2.45, 2.75) is 44.8 Å². The second kappa shape index (κ2) is 10.4. The largest absolute Gasteiger partial charge is 0.454 e. The predicted molar refractivity (Wildman–Crippen MR) is 120 cm³/mol. The number of amides is 1. The van der Waals surface area contributed by atoms with E-state index in [1.165, 1.54) is 0 Å². The lowest BCUT2D eigenvalue weighted by Gasteiger charge is -2.30. The maximum absolute atomic E-state index is 13.0. The van der Waals surface area contributed by atoms with Crippen LogP contribution in [0.4, 0.5) is 0 Å². The van der Waals surface area contributed by atoms with Crippen LogP contribution in [0.3, 0.4) is 0 Å². The van der Waals surface area contributed by atoms with Crippen LogP contribution in [-0.2, 0) is 20.9 Å². The number of carbonyl (C=O) groups excluding carboxylic acids is 1. The first-order valence-electron chi connectivity index (χ1n) is 11.7. The number of fused-ring (bicyclic) bond motifs is 1. The summed E-state index contributed by atoms with van der Waals surface area (Å²) in [7, 11) is 0. The third-order valence-electron chi connectivity index (χ3n) is 6.35. The number of hydrogen-bond donors (Lipinski definition) is 0. The molecule has 3 aliphatic rings. The average Bonchev–Trinajstić information content (AvgIpc) is 3.61. The number of nitrogens with zero attached hydrogens (tertiary/aromatic N) is 2. The Kier molecular flexibility index (Phi) is 6.92. The van der Waals surface area contributed by atoms with Gasteiger partial charge in [-0.2, -0.15) is 0 Å². The van der Waals surface area contributed by atoms with Gasteiger partial charge in [0.1, 0.15) is 12.3 Å². The molecule has 1 saturated heterocycles. The molecule has 0 spiro atoms. The van der Waals surface area contributed by atoms with Gasteiger partial charge in [0, 0.05) is 31.3 Å². The first-order chi connectivity index (χ1) is 16.2. The lowest BCUT2D eigenvalue weighted by molar-refractivity contribution is -0.139. The van der Waals surface area contributed by atoms with Crippen molar-refractivity contribution in [1.82, 2.24) is 10.1 Å². The summed E-state index contributed by atoms with van der Waals surface area (Å²) < 4.78 is 27.7. The molecule has 3 heterocycles. The molecule has 1 fully saturated rings. The van der Waals surface area contributed by atoms with E-state index in [0.717, 1.165) is 56.6 Å². The zero-order valence-corrected chi connectivity index (χ0v) is 18.7. The minimum Gasteiger partial charge on any atom is -0.454 e. The van der Waals surface area contributed by atoms with Crippen LogP contribution < -0.4 is 9.47 Å². The van der Waals surface area contributed by atoms with Gasteiger partial charge in [-0.05, 0) is 56.2 Å². The van der Waals surface area contributed by atoms with Crippen molar-refractivity contribution >= 4 is 5.91 Å². The van der Waals surface area contributed by atoms with Gasteiger partial charge in [-0.15, -0.1) is 0 Å². The standard InChI is InChI=1S/C25H30N2O6/c28-25(27(14-21-7-4-10-30-21)13-18-5-2-1-3-6-18)16-29-15-20-12-23(33-26-20)19-8-9-22-24(11-19)32-17-31-22/h1-2,8-9,11-12,18,21H,3-7,10,13-17H2/t18-,21+/m1/s1. The van der Waals surface area contributed by atoms with Gasteiger partial charge in [0.15, 0.2) is 17.3 Å². The van der Waals surface area contributed by atoms with Gasteiger partial charge in [0.05, 0.1) is 12.7 Å². The molecule has 0 bridgehead atoms. The van der Waals surface area contributed by atoms with Crippen LogP contribution in [0.25, 0.3) is 11.3 Å². The highest BCUT2D eigenvalue weighted by Crippen LogP contribution is 2.36. The minimum atomic E-state index is -0.000424. The smallest absolute Gasteiger partial charge is 0.248 e. The van der Waals surface area contributed by atoms with E-state index in [9.17, 15) is 4.79 Å². The van der Waals surface area contributed by atoms with Gasteiger partial charge in [-0.3, -0.25) is 4.79 Å². The van der Waals surface area contributed by atoms with Crippen molar-refractivity contribution in [3.05, 3.63) is 42.1 Å². The fourth-order valence-electron chi connectivity index (χ4n) is 4.55. The van der Waals surface area contributed by atoms with Gasteiger partial charge < -0.3 is 28.4 Å². The molecule has 5 rings (SSSR count). The summed E-state index contributed by atoms with van der Waals surface area (Å²) in [5, 5.41) is 4.08. The Bertz CT molecular complexity index is 981. The van der Waals surface area contributed by atoms with E-state index in [-0.39, 0.29) is 32.0 Å².